The highest BCUT2D eigenvalue weighted by Crippen LogP contribution is 1.39. The van der Waals surface area contributed by atoms with Gasteiger partial charge in [0.25, 0.3) is 0 Å². The molecule has 0 bridgehead atoms. The average molecular weight is 107 g/mol. The Morgan fingerprint density at radius 2 is 1.57 bits per heavy atom. The molecule has 44 valence electrons. The van der Waals surface area contributed by atoms with Gasteiger partial charge in [0.15, 0.2) is 0 Å². The minimum Gasteiger partial charge on any atom is -0.554 e. The number of carbonyl (C=O) groups is 1. The van der Waals surface area contributed by atoms with Gasteiger partial charge in [0.1, 0.15) is 0 Å². The van der Waals surface area contributed by atoms with Gasteiger partial charge in [-0.3, -0.25) is 0 Å². The minimum atomic E-state index is -0.500. The Balaban J connectivity index is 0. The van der Waals surface area contributed by atoms with E-state index in [4.69, 9.17) is 20.1 Å². The molecule has 0 rings (SSSR count). The van der Waals surface area contributed by atoms with Crippen LogP contribution in [-0.4, -0.2) is 29.9 Å². The quantitative estimate of drug-likeness (QED) is 0.358. The van der Waals surface area contributed by atoms with Gasteiger partial charge in [-0.25, -0.2) is 0 Å². The molecule has 0 aliphatic heterocycles. The average Bonchev–Trinajstić information content (AvgIpc) is 1.69. The largest absolute Gasteiger partial charge is 0.554 e. The van der Waals surface area contributed by atoms with Crippen LogP contribution in [-0.2, 0) is 4.79 Å². The van der Waals surface area contributed by atoms with Gasteiger partial charge in [-0.05, 0) is 0 Å². The summed E-state index contributed by atoms with van der Waals surface area (Å²) in [6, 6.07) is 0. The Kier molecular flexibility index (Phi) is 25.0. The van der Waals surface area contributed by atoms with Crippen molar-refractivity contribution in [3.8, 4) is 0 Å². The first-order valence-corrected chi connectivity index (χ1v) is 1.60. The van der Waals surface area contributed by atoms with Gasteiger partial charge in [0.2, 0.25) is 0 Å². The maximum Gasteiger partial charge on any atom is 0.0662 e. The molecule has 0 amide bonds. The third kappa shape index (κ3) is 407. The number of rotatable bonds is 1. The van der Waals surface area contributed by atoms with Crippen molar-refractivity contribution in [3.05, 3.63) is 0 Å². The van der Waals surface area contributed by atoms with Gasteiger partial charge < -0.3 is 20.1 Å². The summed E-state index contributed by atoms with van der Waals surface area (Å²) < 4.78 is 0. The van der Waals surface area contributed by atoms with E-state index in [2.05, 4.69) is 0 Å². The third-order valence-corrected chi connectivity index (χ3v) is 0.1000. The highest BCUT2D eigenvalue weighted by atomic mass is 16.3. The topological polar surface area (TPSA) is 80.6 Å². The zero-order valence-corrected chi connectivity index (χ0v) is 3.70. The van der Waals surface area contributed by atoms with Crippen molar-refractivity contribution in [2.24, 2.45) is 0 Å². The fourth-order valence-corrected chi connectivity index (χ4v) is 0. The second kappa shape index (κ2) is 18.2. The van der Waals surface area contributed by atoms with E-state index in [1.54, 1.807) is 0 Å². The molecular weight excluding hydrogens is 100 g/mol. The van der Waals surface area contributed by atoms with Crippen molar-refractivity contribution in [2.45, 2.75) is 0 Å². The van der Waals surface area contributed by atoms with Crippen LogP contribution in [0, 0.1) is 0 Å². The zero-order chi connectivity index (χ0) is 6.12. The van der Waals surface area contributed by atoms with Crippen LogP contribution < -0.4 is 5.11 Å². The molecule has 0 spiro atoms. The number of hydrogen-bond donors (Lipinski definition) is 2. The molecule has 2 N–H and O–H groups in total. The Morgan fingerprint density at radius 1 is 1.43 bits per heavy atom. The van der Waals surface area contributed by atoms with Gasteiger partial charge >= 0.3 is 0 Å². The molecule has 0 saturated carbocycles. The Hall–Kier alpha value is -0.610. The fourth-order valence-electron chi connectivity index (χ4n) is 0. The summed E-state index contributed by atoms with van der Waals surface area (Å²) >= 11 is 0. The third-order valence-electron chi connectivity index (χ3n) is 0.1000. The van der Waals surface area contributed by atoms with Gasteiger partial charge in [-0.15, -0.1) is 0 Å². The molecule has 0 aromatic carbocycles. The number of hydrogen-bond acceptors (Lipinski definition) is 4. The molecule has 0 aliphatic rings. The first-order valence-electron chi connectivity index (χ1n) is 1.60. The molecule has 4 heteroatoms. The smallest absolute Gasteiger partial charge is 0.0662 e. The first-order chi connectivity index (χ1) is 3.33. The number of carbonyl (C=O) groups excluding carboxylic acids is 1. The zero-order valence-electron chi connectivity index (χ0n) is 3.70. The summed E-state index contributed by atoms with van der Waals surface area (Å²) in [5.74, 6) is 0. The standard InChI is InChI=1S/C2H6O2.CH2O2/c3-1-2-4;2-1-3/h3-4H,1-2H2;1H,(H,2,3)/p-1. The van der Waals surface area contributed by atoms with Crippen molar-refractivity contribution >= 4 is 6.47 Å². The number of aliphatic hydroxyl groups is 2. The molecule has 0 fully saturated rings. The molecule has 7 heavy (non-hydrogen) atoms. The van der Waals surface area contributed by atoms with Crippen molar-refractivity contribution in [1.29, 1.82) is 0 Å². The van der Waals surface area contributed by atoms with E-state index < -0.39 is 6.47 Å². The van der Waals surface area contributed by atoms with Crippen LogP contribution in [0.5, 0.6) is 0 Å². The Morgan fingerprint density at radius 3 is 1.57 bits per heavy atom. The van der Waals surface area contributed by atoms with Crippen molar-refractivity contribution in [2.75, 3.05) is 13.2 Å². The van der Waals surface area contributed by atoms with E-state index in [-0.39, 0.29) is 13.2 Å². The summed E-state index contributed by atoms with van der Waals surface area (Å²) in [6.45, 7) is -0.750. The second-order valence-corrected chi connectivity index (χ2v) is 0.543. The molecular formula is C3H7O4-. The van der Waals surface area contributed by atoms with E-state index in [0.717, 1.165) is 0 Å². The summed E-state index contributed by atoms with van der Waals surface area (Å²) in [5.41, 5.74) is 0. The fraction of sp³-hybridized carbons (Fsp3) is 0.667. The normalized spacial score (nSPS) is 6.00. The van der Waals surface area contributed by atoms with E-state index in [1.165, 1.54) is 0 Å². The molecule has 0 heterocycles. The molecule has 0 aromatic heterocycles. The number of carboxylic acid groups (broad SMARTS) is 1. The predicted molar refractivity (Wildman–Crippen MR) is 20.2 cm³/mol. The summed E-state index contributed by atoms with van der Waals surface area (Å²) in [7, 11) is 0. The summed E-state index contributed by atoms with van der Waals surface area (Å²) in [5, 5.41) is 23.5. The van der Waals surface area contributed by atoms with Gasteiger partial charge in [-0.1, -0.05) is 0 Å². The van der Waals surface area contributed by atoms with E-state index in [9.17, 15) is 0 Å². The lowest BCUT2D eigenvalue weighted by Gasteiger charge is -1.70. The van der Waals surface area contributed by atoms with Crippen LogP contribution in [0.15, 0.2) is 0 Å². The van der Waals surface area contributed by atoms with Crippen LogP contribution in [0.25, 0.3) is 0 Å². The van der Waals surface area contributed by atoms with Gasteiger partial charge in [0.05, 0.1) is 13.2 Å². The highest BCUT2D eigenvalue weighted by molar-refractivity contribution is 5.29. The predicted octanol–water partition coefficient (Wildman–Crippen LogP) is -2.66. The Bertz CT molecular complexity index is 26.1. The maximum atomic E-state index is 8.25. The van der Waals surface area contributed by atoms with Crippen LogP contribution >= 0.6 is 0 Å². The molecule has 0 saturated heterocycles. The van der Waals surface area contributed by atoms with Crippen LogP contribution in [0.3, 0.4) is 0 Å². The SMILES string of the molecule is O=C[O-].OCCO. The van der Waals surface area contributed by atoms with Crippen LogP contribution in [0.1, 0.15) is 0 Å². The monoisotopic (exact) mass is 107 g/mol. The lowest BCUT2D eigenvalue weighted by molar-refractivity contribution is -0.283. The van der Waals surface area contributed by atoms with Crippen molar-refractivity contribution in [3.63, 3.8) is 0 Å². The lowest BCUT2D eigenvalue weighted by Crippen LogP contribution is -2.01. The van der Waals surface area contributed by atoms with E-state index >= 15 is 0 Å². The van der Waals surface area contributed by atoms with E-state index in [1.807, 2.05) is 0 Å². The van der Waals surface area contributed by atoms with Gasteiger partial charge in [0, 0.05) is 6.47 Å². The van der Waals surface area contributed by atoms with E-state index in [0.29, 0.717) is 0 Å². The summed E-state index contributed by atoms with van der Waals surface area (Å²) in [4.78, 5) is 8.25. The van der Waals surface area contributed by atoms with Crippen LogP contribution in [0.2, 0.25) is 0 Å². The lowest BCUT2D eigenvalue weighted by atomic mass is 10.8. The maximum absolute atomic E-state index is 8.25. The molecule has 4 nitrogen and oxygen atoms in total. The molecule has 0 radical (unpaired) electrons. The van der Waals surface area contributed by atoms with Crippen molar-refractivity contribution < 1.29 is 20.1 Å². The van der Waals surface area contributed by atoms with Crippen molar-refractivity contribution in [1.82, 2.24) is 0 Å². The molecule has 0 aliphatic carbocycles. The van der Waals surface area contributed by atoms with Gasteiger partial charge in [-0.2, -0.15) is 0 Å². The Labute approximate surface area is 41.0 Å². The highest BCUT2D eigenvalue weighted by Gasteiger charge is 1.58. The van der Waals surface area contributed by atoms with Crippen LogP contribution in [0.4, 0.5) is 0 Å². The number of aliphatic hydroxyl groups excluding tert-OH is 2. The molecule has 0 aromatic rings. The molecule has 0 unspecified atom stereocenters. The summed E-state index contributed by atoms with van der Waals surface area (Å²) in [6.07, 6.45) is 0. The second-order valence-electron chi connectivity index (χ2n) is 0.543. The first kappa shape index (κ1) is 9.63. The molecule has 0 atom stereocenters. The minimum absolute atomic E-state index is 0.125.